The number of rotatable bonds is 5. The van der Waals surface area contributed by atoms with Gasteiger partial charge in [0.15, 0.2) is 0 Å². The summed E-state index contributed by atoms with van der Waals surface area (Å²) in [7, 11) is -2.27. The first kappa shape index (κ1) is 17.2. The standard InChI is InChI=1S/C14H17N3O5S/c1-21-13-3-2-11(10-12(13)16-14(18)4-5-15)23(19,20)17-6-8-22-9-7-17/h2-3,10H,4,6-9H2,1H3,(H,16,18). The Morgan fingerprint density at radius 1 is 1.43 bits per heavy atom. The smallest absolute Gasteiger partial charge is 0.243 e. The van der Waals surface area contributed by atoms with Crippen molar-refractivity contribution in [2.24, 2.45) is 0 Å². The third-order valence-corrected chi connectivity index (χ3v) is 5.19. The molecule has 1 aliphatic rings. The van der Waals surface area contributed by atoms with Crippen LogP contribution in [0.3, 0.4) is 0 Å². The maximum absolute atomic E-state index is 12.6. The fourth-order valence-electron chi connectivity index (χ4n) is 2.15. The number of hydrogen-bond donors (Lipinski definition) is 1. The molecule has 0 atom stereocenters. The van der Waals surface area contributed by atoms with Crippen LogP contribution in [0.15, 0.2) is 23.1 Å². The summed E-state index contributed by atoms with van der Waals surface area (Å²) in [5.74, 6) is -0.219. The molecule has 0 saturated carbocycles. The molecule has 1 amide bonds. The summed E-state index contributed by atoms with van der Waals surface area (Å²) in [5.41, 5.74) is 0.210. The molecule has 1 heterocycles. The molecule has 0 aromatic heterocycles. The minimum absolute atomic E-state index is 0.0486. The third-order valence-electron chi connectivity index (χ3n) is 3.29. The molecule has 0 spiro atoms. The van der Waals surface area contributed by atoms with Crippen LogP contribution in [0.5, 0.6) is 5.75 Å². The number of nitrogens with zero attached hydrogens (tertiary/aromatic N) is 2. The van der Waals surface area contributed by atoms with Gasteiger partial charge in [-0.2, -0.15) is 9.57 Å². The Kier molecular flexibility index (Phi) is 5.54. The second kappa shape index (κ2) is 7.41. The van der Waals surface area contributed by atoms with Gasteiger partial charge in [0.05, 0.1) is 37.0 Å². The van der Waals surface area contributed by atoms with E-state index in [0.717, 1.165) is 0 Å². The van der Waals surface area contributed by atoms with Crippen molar-refractivity contribution >= 4 is 21.6 Å². The minimum atomic E-state index is -3.68. The van der Waals surface area contributed by atoms with Crippen LogP contribution in [-0.4, -0.2) is 52.0 Å². The van der Waals surface area contributed by atoms with Gasteiger partial charge in [0.1, 0.15) is 12.2 Å². The Morgan fingerprint density at radius 3 is 2.74 bits per heavy atom. The number of carbonyl (C=O) groups is 1. The first-order valence-electron chi connectivity index (χ1n) is 6.92. The molecule has 23 heavy (non-hydrogen) atoms. The van der Waals surface area contributed by atoms with E-state index < -0.39 is 15.9 Å². The van der Waals surface area contributed by atoms with E-state index in [2.05, 4.69) is 5.32 Å². The average molecular weight is 339 g/mol. The number of benzene rings is 1. The quantitative estimate of drug-likeness (QED) is 0.840. The number of nitriles is 1. The van der Waals surface area contributed by atoms with Crippen LogP contribution >= 0.6 is 0 Å². The molecule has 124 valence electrons. The largest absolute Gasteiger partial charge is 0.495 e. The lowest BCUT2D eigenvalue weighted by Crippen LogP contribution is -2.40. The summed E-state index contributed by atoms with van der Waals surface area (Å²) in [6.07, 6.45) is -0.330. The molecule has 1 aromatic rings. The summed E-state index contributed by atoms with van der Waals surface area (Å²) in [4.78, 5) is 11.6. The third kappa shape index (κ3) is 3.98. The van der Waals surface area contributed by atoms with Crippen molar-refractivity contribution in [3.8, 4) is 11.8 Å². The average Bonchev–Trinajstić information content (AvgIpc) is 2.55. The Balaban J connectivity index is 2.32. The molecule has 9 heteroatoms. The summed E-state index contributed by atoms with van der Waals surface area (Å²) < 4.78 is 36.8. The normalized spacial score (nSPS) is 15.7. The monoisotopic (exact) mass is 339 g/mol. The molecule has 0 aliphatic carbocycles. The predicted octanol–water partition coefficient (Wildman–Crippen LogP) is 0.568. The van der Waals surface area contributed by atoms with Crippen LogP contribution < -0.4 is 10.1 Å². The van der Waals surface area contributed by atoms with Gasteiger partial charge in [-0.05, 0) is 18.2 Å². The van der Waals surface area contributed by atoms with E-state index in [-0.39, 0.29) is 30.1 Å². The fraction of sp³-hybridized carbons (Fsp3) is 0.429. The van der Waals surface area contributed by atoms with E-state index in [0.29, 0.717) is 19.0 Å². The lowest BCUT2D eigenvalue weighted by Gasteiger charge is -2.26. The van der Waals surface area contributed by atoms with Gasteiger partial charge in [0.2, 0.25) is 15.9 Å². The lowest BCUT2D eigenvalue weighted by atomic mass is 10.3. The van der Waals surface area contributed by atoms with Gasteiger partial charge in [-0.1, -0.05) is 0 Å². The number of ether oxygens (including phenoxy) is 2. The van der Waals surface area contributed by atoms with Crippen molar-refractivity contribution < 1.29 is 22.7 Å². The van der Waals surface area contributed by atoms with Gasteiger partial charge in [0, 0.05) is 13.1 Å². The van der Waals surface area contributed by atoms with Crippen molar-refractivity contribution in [3.63, 3.8) is 0 Å². The minimum Gasteiger partial charge on any atom is -0.495 e. The Bertz CT molecular complexity index is 720. The van der Waals surface area contributed by atoms with Gasteiger partial charge >= 0.3 is 0 Å². The molecule has 1 fully saturated rings. The molecule has 1 aromatic carbocycles. The molecule has 0 bridgehead atoms. The van der Waals surface area contributed by atoms with Crippen molar-refractivity contribution in [3.05, 3.63) is 18.2 Å². The second-order valence-electron chi connectivity index (χ2n) is 4.76. The van der Waals surface area contributed by atoms with E-state index >= 15 is 0 Å². The highest BCUT2D eigenvalue weighted by Crippen LogP contribution is 2.29. The van der Waals surface area contributed by atoms with Crippen LogP contribution in [-0.2, 0) is 19.6 Å². The molecular weight excluding hydrogens is 322 g/mol. The van der Waals surface area contributed by atoms with Gasteiger partial charge in [-0.3, -0.25) is 4.79 Å². The number of amides is 1. The first-order chi connectivity index (χ1) is 11.0. The SMILES string of the molecule is COc1ccc(S(=O)(=O)N2CCOCC2)cc1NC(=O)CC#N. The van der Waals surface area contributed by atoms with E-state index in [1.165, 1.54) is 29.6 Å². The maximum atomic E-state index is 12.6. The zero-order valence-electron chi connectivity index (χ0n) is 12.6. The Morgan fingerprint density at radius 2 is 2.13 bits per heavy atom. The highest BCUT2D eigenvalue weighted by atomic mass is 32.2. The van der Waals surface area contributed by atoms with E-state index in [4.69, 9.17) is 14.7 Å². The zero-order chi connectivity index (χ0) is 16.9. The highest BCUT2D eigenvalue weighted by Gasteiger charge is 2.27. The van der Waals surface area contributed by atoms with Gasteiger partial charge in [-0.25, -0.2) is 8.42 Å². The summed E-state index contributed by atoms with van der Waals surface area (Å²) in [6.45, 7) is 1.26. The second-order valence-corrected chi connectivity index (χ2v) is 6.70. The highest BCUT2D eigenvalue weighted by molar-refractivity contribution is 7.89. The molecule has 0 radical (unpaired) electrons. The van der Waals surface area contributed by atoms with Crippen LogP contribution in [0.1, 0.15) is 6.42 Å². The Hall–Kier alpha value is -2.15. The van der Waals surface area contributed by atoms with Crippen LogP contribution in [0.4, 0.5) is 5.69 Å². The molecule has 1 aliphatic heterocycles. The predicted molar refractivity (Wildman–Crippen MR) is 81.4 cm³/mol. The van der Waals surface area contributed by atoms with E-state index in [1.54, 1.807) is 6.07 Å². The molecule has 1 saturated heterocycles. The molecule has 2 rings (SSSR count). The molecule has 1 N–H and O–H groups in total. The number of hydrogen-bond acceptors (Lipinski definition) is 6. The van der Waals surface area contributed by atoms with Gasteiger partial charge in [-0.15, -0.1) is 0 Å². The van der Waals surface area contributed by atoms with Crippen molar-refractivity contribution in [2.45, 2.75) is 11.3 Å². The Labute approximate surface area is 134 Å². The summed E-state index contributed by atoms with van der Waals surface area (Å²) in [6, 6.07) is 5.95. The van der Waals surface area contributed by atoms with Crippen molar-refractivity contribution in [2.75, 3.05) is 38.7 Å². The molecule has 8 nitrogen and oxygen atoms in total. The number of carbonyl (C=O) groups excluding carboxylic acids is 1. The number of methoxy groups -OCH3 is 1. The number of morpholine rings is 1. The maximum Gasteiger partial charge on any atom is 0.243 e. The van der Waals surface area contributed by atoms with E-state index in [9.17, 15) is 13.2 Å². The number of sulfonamides is 1. The van der Waals surface area contributed by atoms with Crippen molar-refractivity contribution in [1.82, 2.24) is 4.31 Å². The lowest BCUT2D eigenvalue weighted by molar-refractivity contribution is -0.115. The van der Waals surface area contributed by atoms with Crippen LogP contribution in [0, 0.1) is 11.3 Å². The van der Waals surface area contributed by atoms with Crippen LogP contribution in [0.25, 0.3) is 0 Å². The first-order valence-corrected chi connectivity index (χ1v) is 8.36. The van der Waals surface area contributed by atoms with Crippen LogP contribution in [0.2, 0.25) is 0 Å². The molecule has 0 unspecified atom stereocenters. The zero-order valence-corrected chi connectivity index (χ0v) is 13.4. The fourth-order valence-corrected chi connectivity index (χ4v) is 3.58. The number of nitrogens with one attached hydrogen (secondary N) is 1. The summed E-state index contributed by atoms with van der Waals surface area (Å²) >= 11 is 0. The van der Waals surface area contributed by atoms with Gasteiger partial charge < -0.3 is 14.8 Å². The van der Waals surface area contributed by atoms with Crippen molar-refractivity contribution in [1.29, 1.82) is 5.26 Å². The topological polar surface area (TPSA) is 109 Å². The summed E-state index contributed by atoms with van der Waals surface area (Å²) in [5, 5.41) is 11.0. The number of anilines is 1. The van der Waals surface area contributed by atoms with Gasteiger partial charge in [0.25, 0.3) is 0 Å². The molecular formula is C14H17N3O5S. The van der Waals surface area contributed by atoms with E-state index in [1.807, 2.05) is 0 Å².